The van der Waals surface area contributed by atoms with Gasteiger partial charge in [-0.05, 0) is 56.3 Å². The summed E-state index contributed by atoms with van der Waals surface area (Å²) in [5, 5.41) is 0. The third-order valence-electron chi connectivity index (χ3n) is 6.24. The lowest BCUT2D eigenvalue weighted by Gasteiger charge is -2.32. The Labute approximate surface area is 139 Å². The van der Waals surface area contributed by atoms with Crippen molar-refractivity contribution in [1.82, 2.24) is 0 Å². The van der Waals surface area contributed by atoms with Crippen LogP contribution in [-0.4, -0.2) is 12.7 Å². The summed E-state index contributed by atoms with van der Waals surface area (Å²) in [7, 11) is 0. The van der Waals surface area contributed by atoms with Crippen molar-refractivity contribution in [2.75, 3.05) is 6.61 Å². The lowest BCUT2D eigenvalue weighted by molar-refractivity contribution is -0.0104. The van der Waals surface area contributed by atoms with Crippen molar-refractivity contribution in [2.45, 2.75) is 110 Å². The summed E-state index contributed by atoms with van der Waals surface area (Å²) in [4.78, 5) is 0. The Morgan fingerprint density at radius 3 is 1.86 bits per heavy atom. The first-order valence-corrected chi connectivity index (χ1v) is 10.4. The van der Waals surface area contributed by atoms with Gasteiger partial charge in [0, 0.05) is 6.61 Å². The van der Waals surface area contributed by atoms with Gasteiger partial charge in [-0.15, -0.1) is 0 Å². The highest BCUT2D eigenvalue weighted by Crippen LogP contribution is 2.34. The molecule has 0 N–H and O–H groups in total. The molecule has 0 unspecified atom stereocenters. The van der Waals surface area contributed by atoms with Gasteiger partial charge in [0.05, 0.1) is 6.10 Å². The number of unbranched alkanes of at least 4 members (excludes halogenated alkanes) is 2. The van der Waals surface area contributed by atoms with Crippen LogP contribution in [0.1, 0.15) is 104 Å². The highest BCUT2D eigenvalue weighted by Gasteiger charge is 2.24. The Morgan fingerprint density at radius 1 is 0.636 bits per heavy atom. The third-order valence-corrected chi connectivity index (χ3v) is 6.24. The number of ether oxygens (including phenoxy) is 1. The van der Waals surface area contributed by atoms with Gasteiger partial charge in [-0.25, -0.2) is 0 Å². The molecule has 0 amide bonds. The quantitative estimate of drug-likeness (QED) is 0.428. The van der Waals surface area contributed by atoms with Crippen LogP contribution < -0.4 is 0 Å². The zero-order valence-electron chi connectivity index (χ0n) is 15.3. The van der Waals surface area contributed by atoms with Gasteiger partial charge in [0.1, 0.15) is 0 Å². The Kier molecular flexibility index (Phi) is 8.89. The molecule has 2 aliphatic rings. The van der Waals surface area contributed by atoms with Crippen LogP contribution in [0, 0.1) is 17.8 Å². The van der Waals surface area contributed by atoms with E-state index in [1.165, 1.54) is 89.9 Å². The molecule has 0 saturated heterocycles. The molecule has 2 fully saturated rings. The van der Waals surface area contributed by atoms with Crippen molar-refractivity contribution in [3.8, 4) is 0 Å². The topological polar surface area (TPSA) is 9.23 Å². The minimum absolute atomic E-state index is 0.593. The normalized spacial score (nSPS) is 33.0. The second-order valence-corrected chi connectivity index (χ2v) is 8.15. The summed E-state index contributed by atoms with van der Waals surface area (Å²) in [6.07, 6.45) is 20.4. The molecule has 0 heterocycles. The number of rotatable bonds is 9. The van der Waals surface area contributed by atoms with Gasteiger partial charge in [-0.2, -0.15) is 0 Å². The van der Waals surface area contributed by atoms with Gasteiger partial charge in [-0.3, -0.25) is 0 Å². The first-order chi connectivity index (χ1) is 10.8. The summed E-state index contributed by atoms with van der Waals surface area (Å²) < 4.78 is 6.29. The molecule has 2 aliphatic carbocycles. The highest BCUT2D eigenvalue weighted by atomic mass is 16.5. The first-order valence-electron chi connectivity index (χ1n) is 10.4. The molecular weight excluding hydrogens is 268 g/mol. The van der Waals surface area contributed by atoms with Crippen LogP contribution >= 0.6 is 0 Å². The Bertz CT molecular complexity index is 259. The van der Waals surface area contributed by atoms with Crippen LogP contribution in [0.5, 0.6) is 0 Å². The molecule has 0 atom stereocenters. The average molecular weight is 309 g/mol. The SMILES string of the molecule is CCCCC[C@H]1CC[C@H](OC[C@H]2CC[C@H](CCC)CC2)CC1. The smallest absolute Gasteiger partial charge is 0.0575 e. The third kappa shape index (κ3) is 6.60. The van der Waals surface area contributed by atoms with Gasteiger partial charge < -0.3 is 4.74 Å². The van der Waals surface area contributed by atoms with Gasteiger partial charge in [0.25, 0.3) is 0 Å². The van der Waals surface area contributed by atoms with Crippen molar-refractivity contribution < 1.29 is 4.74 Å². The standard InChI is InChI=1S/C21H40O/c1-3-5-6-8-19-13-15-21(16-14-19)22-17-20-11-9-18(7-4-2)10-12-20/h18-21H,3-17H2,1-2H3/t18-,19-,20-,21-. The molecule has 130 valence electrons. The lowest BCUT2D eigenvalue weighted by atomic mass is 9.80. The maximum atomic E-state index is 6.29. The molecule has 2 saturated carbocycles. The summed E-state index contributed by atoms with van der Waals surface area (Å²) >= 11 is 0. The van der Waals surface area contributed by atoms with Crippen LogP contribution in [0.3, 0.4) is 0 Å². The molecule has 2 rings (SSSR count). The molecule has 0 spiro atoms. The summed E-state index contributed by atoms with van der Waals surface area (Å²) in [5.41, 5.74) is 0. The van der Waals surface area contributed by atoms with E-state index < -0.39 is 0 Å². The maximum absolute atomic E-state index is 6.29. The summed E-state index contributed by atoms with van der Waals surface area (Å²) in [6.45, 7) is 5.69. The van der Waals surface area contributed by atoms with Crippen LogP contribution in [0.15, 0.2) is 0 Å². The minimum Gasteiger partial charge on any atom is -0.378 e. The fraction of sp³-hybridized carbons (Fsp3) is 1.00. The van der Waals surface area contributed by atoms with Crippen molar-refractivity contribution in [3.63, 3.8) is 0 Å². The van der Waals surface area contributed by atoms with Crippen LogP contribution in [0.25, 0.3) is 0 Å². The second-order valence-electron chi connectivity index (χ2n) is 8.15. The molecular formula is C21H40O. The molecule has 0 aromatic rings. The summed E-state index contributed by atoms with van der Waals surface area (Å²) in [5.74, 6) is 2.91. The fourth-order valence-corrected chi connectivity index (χ4v) is 4.64. The zero-order chi connectivity index (χ0) is 15.6. The van der Waals surface area contributed by atoms with Crippen LogP contribution in [-0.2, 0) is 4.74 Å². The Hall–Kier alpha value is -0.0400. The molecule has 1 heteroatoms. The van der Waals surface area contributed by atoms with E-state index in [1.54, 1.807) is 0 Å². The molecule has 0 radical (unpaired) electrons. The van der Waals surface area contributed by atoms with Crippen LogP contribution in [0.4, 0.5) is 0 Å². The number of hydrogen-bond acceptors (Lipinski definition) is 1. The predicted octanol–water partition coefficient (Wildman–Crippen LogP) is 6.75. The molecule has 0 bridgehead atoms. The predicted molar refractivity (Wildman–Crippen MR) is 96.2 cm³/mol. The van der Waals surface area contributed by atoms with E-state index in [4.69, 9.17) is 4.74 Å². The fourth-order valence-electron chi connectivity index (χ4n) is 4.64. The molecule has 1 nitrogen and oxygen atoms in total. The number of hydrogen-bond donors (Lipinski definition) is 0. The van der Waals surface area contributed by atoms with Gasteiger partial charge in [0.2, 0.25) is 0 Å². The van der Waals surface area contributed by atoms with Crippen LogP contribution in [0.2, 0.25) is 0 Å². The largest absolute Gasteiger partial charge is 0.378 e. The summed E-state index contributed by atoms with van der Waals surface area (Å²) in [6, 6.07) is 0. The first kappa shape index (κ1) is 18.3. The van der Waals surface area contributed by atoms with E-state index in [2.05, 4.69) is 13.8 Å². The Morgan fingerprint density at radius 2 is 1.23 bits per heavy atom. The van der Waals surface area contributed by atoms with Gasteiger partial charge in [-0.1, -0.05) is 65.2 Å². The van der Waals surface area contributed by atoms with Crippen molar-refractivity contribution in [1.29, 1.82) is 0 Å². The second kappa shape index (κ2) is 10.7. The molecule has 0 aromatic heterocycles. The van der Waals surface area contributed by atoms with Crippen molar-refractivity contribution in [3.05, 3.63) is 0 Å². The van der Waals surface area contributed by atoms with Gasteiger partial charge in [0.15, 0.2) is 0 Å². The van der Waals surface area contributed by atoms with Crippen molar-refractivity contribution in [2.24, 2.45) is 17.8 Å². The monoisotopic (exact) mass is 308 g/mol. The highest BCUT2D eigenvalue weighted by molar-refractivity contribution is 4.75. The van der Waals surface area contributed by atoms with E-state index in [1.807, 2.05) is 0 Å². The van der Waals surface area contributed by atoms with E-state index >= 15 is 0 Å². The minimum atomic E-state index is 0.593. The molecule has 0 aliphatic heterocycles. The lowest BCUT2D eigenvalue weighted by Crippen LogP contribution is -2.26. The molecule has 22 heavy (non-hydrogen) atoms. The van der Waals surface area contributed by atoms with E-state index in [-0.39, 0.29) is 0 Å². The maximum Gasteiger partial charge on any atom is 0.0575 e. The van der Waals surface area contributed by atoms with Crippen molar-refractivity contribution >= 4 is 0 Å². The van der Waals surface area contributed by atoms with Gasteiger partial charge >= 0.3 is 0 Å². The molecule has 0 aromatic carbocycles. The van der Waals surface area contributed by atoms with E-state index in [0.29, 0.717) is 6.10 Å². The van der Waals surface area contributed by atoms with E-state index in [9.17, 15) is 0 Å². The Balaban J connectivity index is 1.52. The average Bonchev–Trinajstić information content (AvgIpc) is 2.56. The van der Waals surface area contributed by atoms with E-state index in [0.717, 1.165) is 24.4 Å². The zero-order valence-corrected chi connectivity index (χ0v) is 15.3.